The number of esters is 1. The van der Waals surface area contributed by atoms with E-state index in [9.17, 15) is 27.6 Å². The first kappa shape index (κ1) is 46.7. The Bertz CT molecular complexity index is 1440. The number of hydrogen-bond acceptors (Lipinski definition) is 10. The van der Waals surface area contributed by atoms with Gasteiger partial charge in [0.05, 0.1) is 25.9 Å². The Balaban J connectivity index is 0.000000730. The SMILES string of the molecule is C=C(C)N.COc1ccc(/C=C/C=O)cc1.Nc1cc(N)cc(C(=O)OCCCCCCCCO)c1.O=Cc1ccc(OCCCC(F)(F)F)cc1. The highest BCUT2D eigenvalue weighted by Gasteiger charge is 2.26. The molecule has 0 aliphatic carbocycles. The summed E-state index contributed by atoms with van der Waals surface area (Å²) >= 11 is 0. The molecule has 0 fully saturated rings. The molecule has 13 heteroatoms. The topological polar surface area (TPSA) is 177 Å². The summed E-state index contributed by atoms with van der Waals surface area (Å²) in [5, 5.41) is 8.64. The number of allylic oxidation sites excluding steroid dienone is 2. The molecule has 0 amide bonds. The van der Waals surface area contributed by atoms with Crippen LogP contribution in [0.5, 0.6) is 11.5 Å². The number of aldehydes is 2. The van der Waals surface area contributed by atoms with Crippen LogP contribution in [0.1, 0.15) is 84.6 Å². The lowest BCUT2D eigenvalue weighted by atomic mass is 10.1. The third-order valence-electron chi connectivity index (χ3n) is 6.37. The highest BCUT2D eigenvalue weighted by molar-refractivity contribution is 5.91. The van der Waals surface area contributed by atoms with E-state index >= 15 is 0 Å². The van der Waals surface area contributed by atoms with Crippen molar-refractivity contribution in [2.45, 2.75) is 64.5 Å². The van der Waals surface area contributed by atoms with Crippen LogP contribution in [-0.4, -0.2) is 56.8 Å². The summed E-state index contributed by atoms with van der Waals surface area (Å²) in [6.45, 7) is 5.77. The van der Waals surface area contributed by atoms with Gasteiger partial charge < -0.3 is 36.5 Å². The monoisotopic (exact) mass is 731 g/mol. The molecule has 0 saturated carbocycles. The number of carbonyl (C=O) groups is 3. The van der Waals surface area contributed by atoms with E-state index in [1.54, 1.807) is 62.6 Å². The van der Waals surface area contributed by atoms with E-state index in [1.807, 2.05) is 24.3 Å². The van der Waals surface area contributed by atoms with E-state index in [2.05, 4.69) is 6.58 Å². The summed E-state index contributed by atoms with van der Waals surface area (Å²) in [6, 6.07) is 18.4. The van der Waals surface area contributed by atoms with Gasteiger partial charge in [-0.25, -0.2) is 4.79 Å². The third-order valence-corrected chi connectivity index (χ3v) is 6.37. The average molecular weight is 732 g/mol. The second kappa shape index (κ2) is 28.4. The molecule has 286 valence electrons. The first-order valence-electron chi connectivity index (χ1n) is 16.6. The number of anilines is 2. The van der Waals surface area contributed by atoms with E-state index in [0.717, 1.165) is 56.1 Å². The van der Waals surface area contributed by atoms with Crippen LogP contribution in [0, 0.1) is 0 Å². The van der Waals surface area contributed by atoms with E-state index in [0.29, 0.717) is 46.8 Å². The van der Waals surface area contributed by atoms with Gasteiger partial charge in [-0.15, -0.1) is 0 Å². The summed E-state index contributed by atoms with van der Waals surface area (Å²) in [4.78, 5) is 32.1. The molecule has 0 atom stereocenters. The zero-order valence-corrected chi connectivity index (χ0v) is 29.9. The number of hydrogen-bond donors (Lipinski definition) is 4. The largest absolute Gasteiger partial charge is 0.497 e. The molecule has 0 aliphatic rings. The van der Waals surface area contributed by atoms with E-state index < -0.39 is 12.6 Å². The molecule has 3 aromatic rings. The van der Waals surface area contributed by atoms with Crippen molar-refractivity contribution in [2.75, 3.05) is 38.4 Å². The molecule has 3 aromatic carbocycles. The van der Waals surface area contributed by atoms with Gasteiger partial charge in [0.2, 0.25) is 0 Å². The quantitative estimate of drug-likeness (QED) is 0.0350. The Morgan fingerprint density at radius 1 is 0.808 bits per heavy atom. The second-order valence-corrected chi connectivity index (χ2v) is 11.2. The predicted octanol–water partition coefficient (Wildman–Crippen LogP) is 7.95. The number of benzene rings is 3. The number of methoxy groups -OCH3 is 1. The van der Waals surface area contributed by atoms with Crippen LogP contribution in [0.15, 0.2) is 85.1 Å². The van der Waals surface area contributed by atoms with Crippen molar-refractivity contribution in [3.05, 3.63) is 102 Å². The fourth-order valence-electron chi connectivity index (χ4n) is 3.93. The minimum Gasteiger partial charge on any atom is -0.497 e. The Hall–Kier alpha value is -5.30. The maximum absolute atomic E-state index is 11.8. The van der Waals surface area contributed by atoms with Gasteiger partial charge >= 0.3 is 12.1 Å². The minimum absolute atomic E-state index is 0.0138. The van der Waals surface area contributed by atoms with Gasteiger partial charge in [0, 0.05) is 30.0 Å². The van der Waals surface area contributed by atoms with Crippen molar-refractivity contribution in [1.82, 2.24) is 0 Å². The van der Waals surface area contributed by atoms with Crippen molar-refractivity contribution < 1.29 is 46.9 Å². The lowest BCUT2D eigenvalue weighted by Gasteiger charge is -2.08. The molecule has 3 rings (SSSR count). The predicted molar refractivity (Wildman–Crippen MR) is 200 cm³/mol. The number of nitrogen functional groups attached to an aromatic ring is 2. The number of halogens is 3. The van der Waals surface area contributed by atoms with Crippen LogP contribution in [0.4, 0.5) is 24.5 Å². The summed E-state index contributed by atoms with van der Waals surface area (Å²) < 4.78 is 50.6. The highest BCUT2D eigenvalue weighted by Crippen LogP contribution is 2.22. The van der Waals surface area contributed by atoms with Crippen molar-refractivity contribution in [3.8, 4) is 11.5 Å². The van der Waals surface area contributed by atoms with Gasteiger partial charge in [0.1, 0.15) is 24.1 Å². The number of aliphatic hydroxyl groups excluding tert-OH is 1. The maximum Gasteiger partial charge on any atom is 0.389 e. The summed E-state index contributed by atoms with van der Waals surface area (Å²) in [5.74, 6) is 0.898. The van der Waals surface area contributed by atoms with Gasteiger partial charge in [-0.2, -0.15) is 13.2 Å². The van der Waals surface area contributed by atoms with E-state index in [4.69, 9.17) is 36.5 Å². The van der Waals surface area contributed by atoms with Crippen molar-refractivity contribution in [1.29, 1.82) is 0 Å². The van der Waals surface area contributed by atoms with Crippen molar-refractivity contribution in [3.63, 3.8) is 0 Å². The van der Waals surface area contributed by atoms with Crippen LogP contribution in [0.25, 0.3) is 6.08 Å². The Labute approximate surface area is 304 Å². The second-order valence-electron chi connectivity index (χ2n) is 11.2. The van der Waals surface area contributed by atoms with Crippen LogP contribution in [0.2, 0.25) is 0 Å². The highest BCUT2D eigenvalue weighted by atomic mass is 19.4. The molecule has 0 spiro atoms. The van der Waals surface area contributed by atoms with Crippen molar-refractivity contribution >= 4 is 36.0 Å². The smallest absolute Gasteiger partial charge is 0.389 e. The average Bonchev–Trinajstić information content (AvgIpc) is 3.10. The lowest BCUT2D eigenvalue weighted by Crippen LogP contribution is -2.09. The molecule has 0 radical (unpaired) electrons. The number of nitrogens with two attached hydrogens (primary N) is 3. The van der Waals surface area contributed by atoms with Gasteiger partial charge in [0.25, 0.3) is 0 Å². The molecule has 0 heterocycles. The number of alkyl halides is 3. The zero-order valence-electron chi connectivity index (χ0n) is 29.9. The van der Waals surface area contributed by atoms with E-state index in [1.165, 1.54) is 6.08 Å². The van der Waals surface area contributed by atoms with Gasteiger partial charge in [-0.1, -0.05) is 50.5 Å². The standard InChI is InChI=1S/C15H24N2O3.C11H11F3O2.C10H10O2.C3H7N/c16-13-9-12(10-14(17)11-13)15(19)20-8-6-4-2-1-3-5-7-18;12-11(13,14)6-1-7-16-10-4-2-9(8-15)3-5-10;1-12-10-6-4-9(5-7-10)3-2-8-11;1-3(2)4/h9-11,18H,1-8,16-17H2;2-5,8H,1,6-7H2;2-8H,1H3;1,4H2,2H3/b;;3-2+;. The van der Waals surface area contributed by atoms with Crippen molar-refractivity contribution in [2.24, 2.45) is 5.73 Å². The van der Waals surface area contributed by atoms with Gasteiger partial charge in [-0.3, -0.25) is 9.59 Å². The normalized spacial score (nSPS) is 10.3. The van der Waals surface area contributed by atoms with Crippen LogP contribution < -0.4 is 26.7 Å². The molecule has 10 nitrogen and oxygen atoms in total. The Kier molecular flexibility index (Phi) is 25.5. The summed E-state index contributed by atoms with van der Waals surface area (Å²) in [7, 11) is 1.62. The molecule has 0 bridgehead atoms. The van der Waals surface area contributed by atoms with E-state index in [-0.39, 0.29) is 25.6 Å². The number of ether oxygens (including phenoxy) is 3. The fraction of sp³-hybridized carbons (Fsp3) is 0.359. The first-order valence-corrected chi connectivity index (χ1v) is 16.6. The Morgan fingerprint density at radius 2 is 1.33 bits per heavy atom. The molecule has 7 N–H and O–H groups in total. The molecular weight excluding hydrogens is 679 g/mol. The molecule has 0 aliphatic heterocycles. The first-order chi connectivity index (χ1) is 24.7. The number of unbranched alkanes of at least 4 members (excludes halogenated alkanes) is 5. The Morgan fingerprint density at radius 3 is 1.83 bits per heavy atom. The third kappa shape index (κ3) is 26.6. The molecule has 52 heavy (non-hydrogen) atoms. The molecule has 0 unspecified atom stereocenters. The van der Waals surface area contributed by atoms with Gasteiger partial charge in [-0.05, 0) is 98.1 Å². The summed E-state index contributed by atoms with van der Waals surface area (Å²) in [6.07, 6.45) is 5.60. The number of rotatable bonds is 17. The fourth-order valence-corrected chi connectivity index (χ4v) is 3.93. The maximum atomic E-state index is 11.8. The van der Waals surface area contributed by atoms with Gasteiger partial charge in [0.15, 0.2) is 0 Å². The molecule has 0 aromatic heterocycles. The van der Waals surface area contributed by atoms with Crippen LogP contribution in [-0.2, 0) is 9.53 Å². The summed E-state index contributed by atoms with van der Waals surface area (Å²) in [5.41, 5.74) is 19.6. The van der Waals surface area contributed by atoms with Crippen LogP contribution in [0.3, 0.4) is 0 Å². The number of carbonyl (C=O) groups excluding carboxylic acids is 3. The molecular formula is C39H52F3N3O7. The lowest BCUT2D eigenvalue weighted by molar-refractivity contribution is -0.136. The molecule has 0 saturated heterocycles. The zero-order chi connectivity index (χ0) is 39.2. The minimum atomic E-state index is -4.13. The van der Waals surface area contributed by atoms with Crippen LogP contribution >= 0.6 is 0 Å². The number of aliphatic hydroxyl groups is 1.